The average Bonchev–Trinajstić information content (AvgIpc) is 3.39. The second-order valence-electron chi connectivity index (χ2n) is 11.0. The fourth-order valence-corrected chi connectivity index (χ4v) is 5.57. The minimum atomic E-state index is -0.262. The second kappa shape index (κ2) is 21.1. The molecule has 43 heavy (non-hydrogen) atoms. The largest absolute Gasteiger partial charge is 1.00 e. The number of carbonyl (C=O) groups excluding carboxylic acids is 2. The molecule has 1 aromatic heterocycles. The summed E-state index contributed by atoms with van der Waals surface area (Å²) in [6.07, 6.45) is 17.6. The molecule has 6 nitrogen and oxygen atoms in total. The van der Waals surface area contributed by atoms with E-state index < -0.39 is 0 Å². The summed E-state index contributed by atoms with van der Waals surface area (Å²) in [5.41, 5.74) is 2.35. The maximum atomic E-state index is 12.5. The van der Waals surface area contributed by atoms with Crippen LogP contribution in [0.3, 0.4) is 0 Å². The number of nitrogens with zero attached hydrogens (tertiary/aromatic N) is 1. The lowest BCUT2D eigenvalue weighted by molar-refractivity contribution is -0.689. The third-order valence-electron chi connectivity index (χ3n) is 7.43. The Balaban J connectivity index is 0.00000645. The van der Waals surface area contributed by atoms with Crippen LogP contribution in [0, 0.1) is 6.92 Å². The van der Waals surface area contributed by atoms with Gasteiger partial charge in [0, 0.05) is 18.2 Å². The Kier molecular flexibility index (Phi) is 17.9. The Morgan fingerprint density at radius 1 is 0.837 bits per heavy atom. The molecule has 1 heterocycles. The number of thiazole rings is 1. The zero-order valence-corrected chi connectivity index (χ0v) is 28.6. The Labute approximate surface area is 273 Å². The molecule has 0 saturated carbocycles. The molecule has 0 aliphatic rings. The van der Waals surface area contributed by atoms with Crippen LogP contribution in [-0.4, -0.2) is 24.9 Å². The number of hydrogen-bond donors (Lipinski definition) is 1. The molecule has 1 amide bonds. The maximum absolute atomic E-state index is 12.5. The fourth-order valence-electron chi connectivity index (χ4n) is 4.90. The fraction of sp³-hybridized carbons (Fsp3) is 0.514. The van der Waals surface area contributed by atoms with Gasteiger partial charge < -0.3 is 31.8 Å². The van der Waals surface area contributed by atoms with Crippen molar-refractivity contribution in [2.45, 2.75) is 104 Å². The van der Waals surface area contributed by atoms with Gasteiger partial charge in [-0.2, -0.15) is 4.57 Å². The van der Waals surface area contributed by atoms with E-state index in [4.69, 9.17) is 9.47 Å². The average molecular weight is 674 g/mol. The molecule has 0 unspecified atom stereocenters. The number of benzene rings is 2. The first-order chi connectivity index (χ1) is 20.5. The van der Waals surface area contributed by atoms with Gasteiger partial charge in [-0.15, -0.1) is 0 Å². The van der Waals surface area contributed by atoms with Crippen LogP contribution in [0.1, 0.15) is 112 Å². The van der Waals surface area contributed by atoms with Crippen molar-refractivity contribution in [3.8, 4) is 11.5 Å². The van der Waals surface area contributed by atoms with Crippen LogP contribution in [0.4, 0.5) is 5.69 Å². The Bertz CT molecular complexity index is 1230. The van der Waals surface area contributed by atoms with E-state index in [1.807, 2.05) is 24.3 Å². The smallest absolute Gasteiger partial charge is 0.262 e. The number of halogens is 1. The van der Waals surface area contributed by atoms with Gasteiger partial charge in [-0.3, -0.25) is 9.59 Å². The number of Topliss-reactive ketones (excluding diaryl/α,β-unsaturated/α-hetero) is 1. The molecule has 1 N–H and O–H groups in total. The summed E-state index contributed by atoms with van der Waals surface area (Å²) in [5.74, 6) is 0.679. The van der Waals surface area contributed by atoms with Crippen molar-refractivity contribution in [2.24, 2.45) is 0 Å². The molecule has 0 fully saturated rings. The minimum absolute atomic E-state index is 0. The van der Waals surface area contributed by atoms with Gasteiger partial charge in [-0.1, -0.05) is 101 Å². The highest BCUT2D eigenvalue weighted by molar-refractivity contribution is 7.09. The topological polar surface area (TPSA) is 68.5 Å². The molecule has 0 radical (unpaired) electrons. The van der Waals surface area contributed by atoms with E-state index in [0.29, 0.717) is 29.4 Å². The Morgan fingerprint density at radius 3 is 2.05 bits per heavy atom. The summed E-state index contributed by atoms with van der Waals surface area (Å²) in [4.78, 5) is 24.7. The van der Waals surface area contributed by atoms with Crippen LogP contribution in [0.15, 0.2) is 54.0 Å². The minimum Gasteiger partial charge on any atom is -1.00 e. The van der Waals surface area contributed by atoms with Crippen molar-refractivity contribution >= 4 is 28.7 Å². The third kappa shape index (κ3) is 14.1. The quantitative estimate of drug-likeness (QED) is 0.0896. The summed E-state index contributed by atoms with van der Waals surface area (Å²) < 4.78 is 13.8. The maximum Gasteiger partial charge on any atom is 0.262 e. The number of aryl methyl sites for hydroxylation is 1. The highest BCUT2D eigenvalue weighted by Crippen LogP contribution is 2.25. The number of anilines is 1. The van der Waals surface area contributed by atoms with Gasteiger partial charge in [0.15, 0.2) is 25.1 Å². The Morgan fingerprint density at radius 2 is 1.47 bits per heavy atom. The number of nitrogens with one attached hydrogen (secondary N) is 1. The van der Waals surface area contributed by atoms with Crippen LogP contribution in [0.25, 0.3) is 0 Å². The monoisotopic (exact) mass is 672 g/mol. The number of unbranched alkanes of at least 4 members (excludes halogenated alkanes) is 11. The number of ketones is 1. The summed E-state index contributed by atoms with van der Waals surface area (Å²) in [7, 11) is 0. The van der Waals surface area contributed by atoms with Crippen LogP contribution in [-0.2, 0) is 11.3 Å². The molecular formula is C35H49BrN2O4S. The predicted octanol–water partition coefficient (Wildman–Crippen LogP) is 5.70. The van der Waals surface area contributed by atoms with E-state index in [2.05, 4.69) is 35.3 Å². The van der Waals surface area contributed by atoms with Crippen LogP contribution < -0.4 is 36.3 Å². The predicted molar refractivity (Wildman–Crippen MR) is 172 cm³/mol. The van der Waals surface area contributed by atoms with Crippen molar-refractivity contribution < 1.29 is 40.6 Å². The first kappa shape index (κ1) is 36.5. The van der Waals surface area contributed by atoms with Crippen LogP contribution in [0.5, 0.6) is 11.5 Å². The molecule has 0 bridgehead atoms. The number of amides is 1. The molecule has 236 valence electrons. The normalized spacial score (nSPS) is 10.7. The van der Waals surface area contributed by atoms with Crippen molar-refractivity contribution in [1.82, 2.24) is 0 Å². The summed E-state index contributed by atoms with van der Waals surface area (Å²) in [6.45, 7) is 7.11. The van der Waals surface area contributed by atoms with Gasteiger partial charge >= 0.3 is 0 Å². The van der Waals surface area contributed by atoms with Gasteiger partial charge in [0.1, 0.15) is 11.5 Å². The SMILES string of the molecule is CCCCCCCCCCCCCCOc1ccc(OCC(=O)Nc2ccc(C[n+]3ccsc3C)cc2)cc1C(C)=O.[Br-]. The third-order valence-corrected chi connectivity index (χ3v) is 8.26. The number of ether oxygens (including phenoxy) is 2. The Hall–Kier alpha value is -2.71. The van der Waals surface area contributed by atoms with E-state index >= 15 is 0 Å². The lowest BCUT2D eigenvalue weighted by Crippen LogP contribution is -3.00. The van der Waals surface area contributed by atoms with Crippen molar-refractivity contribution in [2.75, 3.05) is 18.5 Å². The van der Waals surface area contributed by atoms with Gasteiger partial charge in [0.2, 0.25) is 5.01 Å². The number of hydrogen-bond acceptors (Lipinski definition) is 5. The van der Waals surface area contributed by atoms with Gasteiger partial charge in [-0.25, -0.2) is 0 Å². The number of aromatic nitrogens is 1. The van der Waals surface area contributed by atoms with Crippen molar-refractivity contribution in [3.05, 3.63) is 70.2 Å². The zero-order valence-electron chi connectivity index (χ0n) is 26.2. The summed E-state index contributed by atoms with van der Waals surface area (Å²) in [6, 6.07) is 13.0. The molecule has 3 aromatic rings. The van der Waals surface area contributed by atoms with E-state index in [1.165, 1.54) is 76.1 Å². The highest BCUT2D eigenvalue weighted by atomic mass is 79.9. The zero-order chi connectivity index (χ0) is 30.0. The highest BCUT2D eigenvalue weighted by Gasteiger charge is 2.13. The molecule has 0 aliphatic heterocycles. The lowest BCUT2D eigenvalue weighted by atomic mass is 10.1. The number of carbonyl (C=O) groups is 2. The van der Waals surface area contributed by atoms with Crippen molar-refractivity contribution in [1.29, 1.82) is 0 Å². The van der Waals surface area contributed by atoms with Crippen LogP contribution in [0.2, 0.25) is 0 Å². The summed E-state index contributed by atoms with van der Waals surface area (Å²) >= 11 is 1.72. The summed E-state index contributed by atoms with van der Waals surface area (Å²) in [5, 5.41) is 6.19. The molecular weight excluding hydrogens is 624 g/mol. The van der Waals surface area contributed by atoms with Gasteiger partial charge in [-0.05, 0) is 43.7 Å². The van der Waals surface area contributed by atoms with E-state index in [9.17, 15) is 9.59 Å². The van der Waals surface area contributed by atoms with E-state index in [-0.39, 0.29) is 35.3 Å². The van der Waals surface area contributed by atoms with E-state index in [1.54, 1.807) is 29.5 Å². The molecule has 0 spiro atoms. The lowest BCUT2D eigenvalue weighted by Gasteiger charge is -2.13. The molecule has 2 aromatic carbocycles. The number of rotatable bonds is 21. The molecule has 0 atom stereocenters. The van der Waals surface area contributed by atoms with Gasteiger partial charge in [0.25, 0.3) is 5.91 Å². The molecule has 3 rings (SSSR count). The molecule has 0 saturated heterocycles. The van der Waals surface area contributed by atoms with E-state index in [0.717, 1.165) is 24.9 Å². The molecule has 0 aliphatic carbocycles. The van der Waals surface area contributed by atoms with Crippen LogP contribution >= 0.6 is 11.3 Å². The molecule has 8 heteroatoms. The standard InChI is InChI=1S/C35H48N2O4S.BrH/c1-4-5-6-7-8-9-10-11-12-13-14-15-23-40-34-21-20-32(25-33(34)28(2)38)41-27-35(39)36-31-18-16-30(17-19-31)26-37-22-24-42-29(37)3;/h16-22,24-25H,4-15,23,26-27H2,1-3H3;1H. The van der Waals surface area contributed by atoms with Crippen molar-refractivity contribution in [3.63, 3.8) is 0 Å². The van der Waals surface area contributed by atoms with Gasteiger partial charge in [0.05, 0.1) is 17.6 Å². The first-order valence-electron chi connectivity index (χ1n) is 15.7. The second-order valence-corrected chi connectivity index (χ2v) is 12.1. The first-order valence-corrected chi connectivity index (χ1v) is 16.6.